The largest absolute Gasteiger partial charge is 0.477 e. The summed E-state index contributed by atoms with van der Waals surface area (Å²) in [6.07, 6.45) is 1.81. The zero-order chi connectivity index (χ0) is 10.6. The zero-order valence-electron chi connectivity index (χ0n) is 8.06. The Balaban J connectivity index is 2.83. The van der Waals surface area contributed by atoms with Crippen LogP contribution in [0.25, 0.3) is 0 Å². The van der Waals surface area contributed by atoms with Gasteiger partial charge in [-0.25, -0.2) is 4.79 Å². The monoisotopic (exact) mass is 211 g/mol. The summed E-state index contributed by atoms with van der Waals surface area (Å²) < 4.78 is 0. The second-order valence-corrected chi connectivity index (χ2v) is 3.83. The fourth-order valence-corrected chi connectivity index (χ4v) is 2.06. The lowest BCUT2D eigenvalue weighted by molar-refractivity contribution is 0.0702. The lowest BCUT2D eigenvalue weighted by atomic mass is 10.4. The molecule has 1 aromatic rings. The molecule has 76 valence electrons. The number of thiophene rings is 1. The van der Waals surface area contributed by atoms with E-state index in [1.807, 2.05) is 19.1 Å². The molecule has 0 saturated carbocycles. The van der Waals surface area contributed by atoms with Crippen LogP contribution in [0.3, 0.4) is 0 Å². The average Bonchev–Trinajstić information content (AvgIpc) is 2.63. The molecule has 0 aromatic carbocycles. The first-order valence-corrected chi connectivity index (χ1v) is 5.19. The Morgan fingerprint density at radius 3 is 2.86 bits per heavy atom. The molecule has 1 heterocycles. The topological polar surface area (TPSA) is 40.5 Å². The molecule has 0 atom stereocenters. The van der Waals surface area contributed by atoms with Crippen molar-refractivity contribution in [3.05, 3.63) is 29.7 Å². The normalized spacial score (nSPS) is 9.79. The molecule has 3 nitrogen and oxygen atoms in total. The molecule has 0 amide bonds. The summed E-state index contributed by atoms with van der Waals surface area (Å²) in [6.45, 7) is 7.29. The number of anilines is 1. The number of carboxylic acid groups (broad SMARTS) is 1. The van der Waals surface area contributed by atoms with Gasteiger partial charge in [-0.05, 0) is 19.1 Å². The first kappa shape index (κ1) is 10.8. The molecule has 0 radical (unpaired) electrons. The molecule has 0 aliphatic carbocycles. The van der Waals surface area contributed by atoms with Crippen LogP contribution < -0.4 is 4.90 Å². The summed E-state index contributed by atoms with van der Waals surface area (Å²) in [7, 11) is 0. The minimum Gasteiger partial charge on any atom is -0.477 e. The summed E-state index contributed by atoms with van der Waals surface area (Å²) in [5, 5.41) is 9.73. The van der Waals surface area contributed by atoms with Crippen molar-refractivity contribution < 1.29 is 9.90 Å². The number of nitrogens with zero attached hydrogens (tertiary/aromatic N) is 1. The molecular weight excluding hydrogens is 198 g/mol. The number of aromatic carboxylic acids is 1. The molecule has 1 rings (SSSR count). The lowest BCUT2D eigenvalue weighted by Gasteiger charge is -2.18. The van der Waals surface area contributed by atoms with Gasteiger partial charge in [-0.1, -0.05) is 6.08 Å². The van der Waals surface area contributed by atoms with Gasteiger partial charge < -0.3 is 10.0 Å². The number of rotatable bonds is 5. The van der Waals surface area contributed by atoms with E-state index in [4.69, 9.17) is 5.11 Å². The third kappa shape index (κ3) is 2.35. The van der Waals surface area contributed by atoms with E-state index >= 15 is 0 Å². The van der Waals surface area contributed by atoms with Crippen molar-refractivity contribution in [1.29, 1.82) is 0 Å². The Labute approximate surface area is 87.3 Å². The summed E-state index contributed by atoms with van der Waals surface area (Å²) in [6, 6.07) is 3.47. The number of hydrogen-bond acceptors (Lipinski definition) is 3. The molecule has 14 heavy (non-hydrogen) atoms. The van der Waals surface area contributed by atoms with Crippen molar-refractivity contribution >= 4 is 22.3 Å². The minimum absolute atomic E-state index is 0.377. The van der Waals surface area contributed by atoms with Gasteiger partial charge in [0.2, 0.25) is 0 Å². The van der Waals surface area contributed by atoms with Crippen LogP contribution in [0.2, 0.25) is 0 Å². The quantitative estimate of drug-likeness (QED) is 0.760. The Hall–Kier alpha value is -1.29. The average molecular weight is 211 g/mol. The minimum atomic E-state index is -0.865. The molecule has 0 unspecified atom stereocenters. The maximum Gasteiger partial charge on any atom is 0.345 e. The summed E-state index contributed by atoms with van der Waals surface area (Å²) in [5.74, 6) is -0.865. The van der Waals surface area contributed by atoms with E-state index in [-0.39, 0.29) is 0 Å². The Kier molecular flexibility index (Phi) is 3.71. The zero-order valence-corrected chi connectivity index (χ0v) is 8.88. The second-order valence-electron chi connectivity index (χ2n) is 2.77. The van der Waals surface area contributed by atoms with E-state index in [0.717, 1.165) is 18.1 Å². The molecule has 1 N–H and O–H groups in total. The van der Waals surface area contributed by atoms with E-state index in [2.05, 4.69) is 11.5 Å². The van der Waals surface area contributed by atoms with Gasteiger partial charge in [0.05, 0.1) is 5.00 Å². The number of hydrogen-bond donors (Lipinski definition) is 1. The molecule has 0 saturated heterocycles. The van der Waals surface area contributed by atoms with Crippen LogP contribution in [0, 0.1) is 0 Å². The number of carboxylic acids is 1. The van der Waals surface area contributed by atoms with Crippen molar-refractivity contribution in [2.24, 2.45) is 0 Å². The van der Waals surface area contributed by atoms with Gasteiger partial charge in [-0.3, -0.25) is 0 Å². The van der Waals surface area contributed by atoms with E-state index < -0.39 is 5.97 Å². The van der Waals surface area contributed by atoms with Crippen molar-refractivity contribution in [3.8, 4) is 0 Å². The Morgan fingerprint density at radius 1 is 1.71 bits per heavy atom. The summed E-state index contributed by atoms with van der Waals surface area (Å²) in [4.78, 5) is 13.1. The van der Waals surface area contributed by atoms with Gasteiger partial charge in [-0.15, -0.1) is 17.9 Å². The first-order valence-electron chi connectivity index (χ1n) is 4.38. The van der Waals surface area contributed by atoms with E-state index in [1.54, 1.807) is 6.07 Å². The van der Waals surface area contributed by atoms with Crippen LogP contribution in [0.5, 0.6) is 0 Å². The highest BCUT2D eigenvalue weighted by Gasteiger charge is 2.10. The van der Waals surface area contributed by atoms with Crippen LogP contribution in [0.15, 0.2) is 24.8 Å². The fraction of sp³-hybridized carbons (Fsp3) is 0.300. The van der Waals surface area contributed by atoms with Crippen LogP contribution in [0.1, 0.15) is 16.6 Å². The number of likely N-dealkylation sites (N-methyl/N-ethyl adjacent to an activating group) is 1. The van der Waals surface area contributed by atoms with E-state index in [1.165, 1.54) is 11.3 Å². The predicted molar refractivity (Wildman–Crippen MR) is 59.4 cm³/mol. The second kappa shape index (κ2) is 4.81. The Bertz CT molecular complexity index is 333. The van der Waals surface area contributed by atoms with Crippen LogP contribution in [-0.2, 0) is 0 Å². The van der Waals surface area contributed by atoms with Crippen molar-refractivity contribution in [1.82, 2.24) is 0 Å². The molecule has 0 aliphatic heterocycles. The predicted octanol–water partition coefficient (Wildman–Crippen LogP) is 2.46. The molecule has 0 bridgehead atoms. The van der Waals surface area contributed by atoms with Crippen molar-refractivity contribution in [2.45, 2.75) is 6.92 Å². The van der Waals surface area contributed by atoms with E-state index in [9.17, 15) is 4.79 Å². The third-order valence-electron chi connectivity index (χ3n) is 1.85. The first-order chi connectivity index (χ1) is 6.69. The van der Waals surface area contributed by atoms with Gasteiger partial charge in [0.15, 0.2) is 0 Å². The van der Waals surface area contributed by atoms with Crippen LogP contribution in [0.4, 0.5) is 5.00 Å². The molecule has 0 fully saturated rings. The van der Waals surface area contributed by atoms with Gasteiger partial charge in [0.25, 0.3) is 0 Å². The highest BCUT2D eigenvalue weighted by molar-refractivity contribution is 7.17. The van der Waals surface area contributed by atoms with Crippen LogP contribution >= 0.6 is 11.3 Å². The third-order valence-corrected chi connectivity index (χ3v) is 2.98. The molecule has 1 aromatic heterocycles. The highest BCUT2D eigenvalue weighted by atomic mass is 32.1. The van der Waals surface area contributed by atoms with Gasteiger partial charge in [0, 0.05) is 13.1 Å². The standard InChI is InChI=1S/C10H13NO2S/c1-3-7-11(4-2)9-6-5-8(14-9)10(12)13/h3,5-6H,1,4,7H2,2H3,(H,12,13). The summed E-state index contributed by atoms with van der Waals surface area (Å²) >= 11 is 1.29. The lowest BCUT2D eigenvalue weighted by Crippen LogP contribution is -2.21. The van der Waals surface area contributed by atoms with Gasteiger partial charge in [-0.2, -0.15) is 0 Å². The van der Waals surface area contributed by atoms with Crippen molar-refractivity contribution in [3.63, 3.8) is 0 Å². The van der Waals surface area contributed by atoms with E-state index in [0.29, 0.717) is 4.88 Å². The van der Waals surface area contributed by atoms with Gasteiger partial charge >= 0.3 is 5.97 Å². The SMILES string of the molecule is C=CCN(CC)c1ccc(C(=O)O)s1. The smallest absolute Gasteiger partial charge is 0.345 e. The highest BCUT2D eigenvalue weighted by Crippen LogP contribution is 2.25. The molecular formula is C10H13NO2S. The van der Waals surface area contributed by atoms with Crippen LogP contribution in [-0.4, -0.2) is 24.2 Å². The molecule has 0 spiro atoms. The maximum absolute atomic E-state index is 10.7. The fourth-order valence-electron chi connectivity index (χ4n) is 1.14. The summed E-state index contributed by atoms with van der Waals surface area (Å²) in [5.41, 5.74) is 0. The maximum atomic E-state index is 10.7. The van der Waals surface area contributed by atoms with Gasteiger partial charge in [0.1, 0.15) is 4.88 Å². The molecule has 0 aliphatic rings. The van der Waals surface area contributed by atoms with Crippen molar-refractivity contribution in [2.75, 3.05) is 18.0 Å². The molecule has 4 heteroatoms. The Morgan fingerprint density at radius 2 is 2.43 bits per heavy atom. The number of carbonyl (C=O) groups is 1.